The van der Waals surface area contributed by atoms with Gasteiger partial charge in [-0.1, -0.05) is 31.7 Å². The van der Waals surface area contributed by atoms with Gasteiger partial charge < -0.3 is 4.74 Å². The van der Waals surface area contributed by atoms with E-state index in [2.05, 4.69) is 0 Å². The van der Waals surface area contributed by atoms with E-state index in [0.717, 1.165) is 31.2 Å². The van der Waals surface area contributed by atoms with Crippen molar-refractivity contribution in [3.8, 4) is 5.75 Å². The predicted molar refractivity (Wildman–Crippen MR) is 75.3 cm³/mol. The van der Waals surface area contributed by atoms with Crippen LogP contribution in [0, 0.1) is 18.2 Å². The molecule has 0 amide bonds. The van der Waals surface area contributed by atoms with Crippen LogP contribution in [0.5, 0.6) is 5.75 Å². The van der Waals surface area contributed by atoms with Gasteiger partial charge in [-0.3, -0.25) is 4.79 Å². The summed E-state index contributed by atoms with van der Waals surface area (Å²) < 4.78 is 19.4. The molecule has 0 heterocycles. The molecule has 0 bridgehead atoms. The smallest absolute Gasteiger partial charge is 0.146 e. The summed E-state index contributed by atoms with van der Waals surface area (Å²) in [7, 11) is 0. The van der Waals surface area contributed by atoms with Crippen LogP contribution in [0.25, 0.3) is 0 Å². The Morgan fingerprint density at radius 2 is 1.90 bits per heavy atom. The molecule has 108 valence electrons. The van der Waals surface area contributed by atoms with Crippen molar-refractivity contribution in [2.45, 2.75) is 58.0 Å². The fourth-order valence-electron chi connectivity index (χ4n) is 3.58. The zero-order valence-electron chi connectivity index (χ0n) is 12.0. The highest BCUT2D eigenvalue weighted by molar-refractivity contribution is 5.92. The molecular weight excluding hydrogens is 255 g/mol. The molecule has 2 nitrogen and oxygen atoms in total. The van der Waals surface area contributed by atoms with Gasteiger partial charge in [-0.25, -0.2) is 4.39 Å². The van der Waals surface area contributed by atoms with Crippen LogP contribution in [0.1, 0.15) is 50.5 Å². The third-order valence-electron chi connectivity index (χ3n) is 4.96. The van der Waals surface area contributed by atoms with Crippen LogP contribution in [-0.2, 0) is 4.79 Å². The number of carbonyl (C=O) groups is 1. The first-order valence-corrected chi connectivity index (χ1v) is 7.58. The number of benzene rings is 1. The van der Waals surface area contributed by atoms with Gasteiger partial charge in [-0.05, 0) is 31.4 Å². The number of aryl methyl sites for hydroxylation is 1. The van der Waals surface area contributed by atoms with E-state index in [4.69, 9.17) is 4.74 Å². The summed E-state index contributed by atoms with van der Waals surface area (Å²) >= 11 is 0. The second kappa shape index (κ2) is 5.19. The molecule has 1 atom stereocenters. The lowest BCUT2D eigenvalue weighted by Gasteiger charge is -2.47. The molecule has 2 aliphatic rings. The highest BCUT2D eigenvalue weighted by atomic mass is 19.1. The second-order valence-electron chi connectivity index (χ2n) is 6.21. The van der Waals surface area contributed by atoms with Crippen molar-refractivity contribution in [2.75, 3.05) is 0 Å². The molecule has 0 aliphatic heterocycles. The molecule has 0 N–H and O–H groups in total. The Labute approximate surface area is 119 Å². The Bertz CT molecular complexity index is 516. The maximum atomic E-state index is 13.3. The van der Waals surface area contributed by atoms with Crippen molar-refractivity contribution in [3.05, 3.63) is 29.6 Å². The van der Waals surface area contributed by atoms with Crippen LogP contribution in [0.15, 0.2) is 18.2 Å². The highest BCUT2D eigenvalue weighted by Gasteiger charge is 2.55. The second-order valence-corrected chi connectivity index (χ2v) is 6.21. The molecule has 0 aromatic heterocycles. The van der Waals surface area contributed by atoms with Crippen LogP contribution < -0.4 is 4.74 Å². The van der Waals surface area contributed by atoms with Crippen molar-refractivity contribution < 1.29 is 13.9 Å². The molecule has 3 rings (SSSR count). The van der Waals surface area contributed by atoms with Gasteiger partial charge in [-0.2, -0.15) is 0 Å². The van der Waals surface area contributed by atoms with Gasteiger partial charge in [0.25, 0.3) is 0 Å². The van der Waals surface area contributed by atoms with E-state index < -0.39 is 0 Å². The zero-order chi connectivity index (χ0) is 14.2. The molecule has 1 spiro atoms. The molecular formula is C17H21FO2. The molecule has 2 fully saturated rings. The summed E-state index contributed by atoms with van der Waals surface area (Å²) in [5, 5.41) is 0. The summed E-state index contributed by atoms with van der Waals surface area (Å²) in [5.41, 5.74) is 0.643. The van der Waals surface area contributed by atoms with Crippen molar-refractivity contribution in [3.63, 3.8) is 0 Å². The molecule has 1 aromatic rings. The number of ketones is 1. The maximum Gasteiger partial charge on any atom is 0.146 e. The standard InChI is InChI=1S/C17H21FO2/c1-12-6-7-13(18)10-14(12)20-16-11-15(19)17(16)8-4-2-3-5-9-17/h6-7,10,16H,2-5,8-9,11H2,1H3. The SMILES string of the molecule is Cc1ccc(F)cc1OC1CC(=O)C12CCCCCC2. The molecule has 0 radical (unpaired) electrons. The van der Waals surface area contributed by atoms with Gasteiger partial charge in [0.1, 0.15) is 23.5 Å². The predicted octanol–water partition coefficient (Wildman–Crippen LogP) is 4.19. The third kappa shape index (κ3) is 2.23. The average Bonchev–Trinajstić information content (AvgIpc) is 2.70. The van der Waals surface area contributed by atoms with Gasteiger partial charge in [-0.15, -0.1) is 0 Å². The van der Waals surface area contributed by atoms with Crippen molar-refractivity contribution in [1.82, 2.24) is 0 Å². The fraction of sp³-hybridized carbons (Fsp3) is 0.588. The summed E-state index contributed by atoms with van der Waals surface area (Å²) in [6.45, 7) is 1.91. The van der Waals surface area contributed by atoms with E-state index in [1.165, 1.54) is 25.0 Å². The van der Waals surface area contributed by atoms with Crippen LogP contribution in [0.3, 0.4) is 0 Å². The largest absolute Gasteiger partial charge is 0.489 e. The number of hydrogen-bond donors (Lipinski definition) is 0. The lowest BCUT2D eigenvalue weighted by atomic mass is 9.60. The highest BCUT2D eigenvalue weighted by Crippen LogP contribution is 2.49. The summed E-state index contributed by atoms with van der Waals surface area (Å²) in [6, 6.07) is 4.60. The fourth-order valence-corrected chi connectivity index (χ4v) is 3.58. The lowest BCUT2D eigenvalue weighted by Crippen LogP contribution is -2.56. The molecule has 2 aliphatic carbocycles. The normalized spacial score (nSPS) is 25.1. The topological polar surface area (TPSA) is 26.3 Å². The van der Waals surface area contributed by atoms with Gasteiger partial charge in [0, 0.05) is 12.5 Å². The summed E-state index contributed by atoms with van der Waals surface area (Å²) in [4.78, 5) is 12.2. The molecule has 3 heteroatoms. The van der Waals surface area contributed by atoms with Gasteiger partial charge in [0.2, 0.25) is 0 Å². The minimum absolute atomic E-state index is 0.0615. The van der Waals surface area contributed by atoms with Crippen LogP contribution in [0.4, 0.5) is 4.39 Å². The average molecular weight is 276 g/mol. The van der Waals surface area contributed by atoms with Crippen molar-refractivity contribution >= 4 is 5.78 Å². The molecule has 1 unspecified atom stereocenters. The number of halogens is 1. The lowest BCUT2D eigenvalue weighted by molar-refractivity contribution is -0.154. The quantitative estimate of drug-likeness (QED) is 0.809. The minimum Gasteiger partial charge on any atom is -0.489 e. The first-order valence-electron chi connectivity index (χ1n) is 7.58. The van der Waals surface area contributed by atoms with Crippen LogP contribution >= 0.6 is 0 Å². The summed E-state index contributed by atoms with van der Waals surface area (Å²) in [5.74, 6) is 0.649. The Kier molecular flexibility index (Phi) is 3.53. The summed E-state index contributed by atoms with van der Waals surface area (Å²) in [6.07, 6.45) is 6.92. The van der Waals surface area contributed by atoms with Gasteiger partial charge in [0.15, 0.2) is 0 Å². The number of hydrogen-bond acceptors (Lipinski definition) is 2. The maximum absolute atomic E-state index is 13.3. The van der Waals surface area contributed by atoms with Gasteiger partial charge in [0.05, 0.1) is 5.41 Å². The Hall–Kier alpha value is -1.38. The minimum atomic E-state index is -0.286. The number of rotatable bonds is 2. The first-order chi connectivity index (χ1) is 9.62. The number of ether oxygens (including phenoxy) is 1. The van der Waals surface area contributed by atoms with E-state index in [-0.39, 0.29) is 17.3 Å². The van der Waals surface area contributed by atoms with Crippen LogP contribution in [0.2, 0.25) is 0 Å². The van der Waals surface area contributed by atoms with E-state index in [1.807, 2.05) is 6.92 Å². The van der Waals surface area contributed by atoms with Gasteiger partial charge >= 0.3 is 0 Å². The van der Waals surface area contributed by atoms with E-state index in [1.54, 1.807) is 6.07 Å². The Balaban J connectivity index is 1.80. The van der Waals surface area contributed by atoms with Crippen molar-refractivity contribution in [2.24, 2.45) is 5.41 Å². The Morgan fingerprint density at radius 1 is 1.20 bits per heavy atom. The van der Waals surface area contributed by atoms with E-state index >= 15 is 0 Å². The molecule has 20 heavy (non-hydrogen) atoms. The zero-order valence-corrected chi connectivity index (χ0v) is 12.0. The van der Waals surface area contributed by atoms with Crippen molar-refractivity contribution in [1.29, 1.82) is 0 Å². The Morgan fingerprint density at radius 3 is 2.55 bits per heavy atom. The molecule has 0 saturated heterocycles. The third-order valence-corrected chi connectivity index (χ3v) is 4.96. The van der Waals surface area contributed by atoms with E-state index in [0.29, 0.717) is 18.0 Å². The molecule has 2 saturated carbocycles. The number of Topliss-reactive ketones (excluding diaryl/α,β-unsaturated/α-hetero) is 1. The number of carbonyl (C=O) groups excluding carboxylic acids is 1. The first kappa shape index (κ1) is 13.6. The van der Waals surface area contributed by atoms with E-state index in [9.17, 15) is 9.18 Å². The van der Waals surface area contributed by atoms with Crippen LogP contribution in [-0.4, -0.2) is 11.9 Å². The monoisotopic (exact) mass is 276 g/mol. The molecule has 1 aromatic carbocycles.